The normalized spacial score (nSPS) is 13.2. The van der Waals surface area contributed by atoms with Crippen LogP contribution < -0.4 is 4.72 Å². The molecule has 138 valence electrons. The lowest BCUT2D eigenvalue weighted by molar-refractivity contribution is 0.300. The summed E-state index contributed by atoms with van der Waals surface area (Å²) in [6, 6.07) is 14.0. The molecule has 5 nitrogen and oxygen atoms in total. The summed E-state index contributed by atoms with van der Waals surface area (Å²) in [6.45, 7) is 2.05. The number of hydrogen-bond acceptors (Lipinski definition) is 3. The van der Waals surface area contributed by atoms with Crippen LogP contribution in [0.25, 0.3) is 10.9 Å². The zero-order valence-electron chi connectivity index (χ0n) is 14.4. The summed E-state index contributed by atoms with van der Waals surface area (Å²) in [7, 11) is -3.66. The second kappa shape index (κ2) is 7.80. The Hall–Kier alpha value is -1.86. The highest BCUT2D eigenvalue weighted by Crippen LogP contribution is 2.25. The van der Waals surface area contributed by atoms with E-state index in [1.807, 2.05) is 25.1 Å². The van der Waals surface area contributed by atoms with Crippen molar-refractivity contribution in [1.82, 2.24) is 9.71 Å². The lowest BCUT2D eigenvalue weighted by Gasteiger charge is -2.13. The van der Waals surface area contributed by atoms with Crippen LogP contribution in [0, 0.1) is 6.92 Å². The molecule has 3 N–H and O–H groups in total. The largest absolute Gasteiger partial charge is 0.396 e. The molecule has 26 heavy (non-hydrogen) atoms. The fraction of sp³-hybridized carbons (Fsp3) is 0.263. The molecule has 0 amide bonds. The molecule has 0 fully saturated rings. The maximum atomic E-state index is 12.4. The highest BCUT2D eigenvalue weighted by atomic mass is 35.5. The van der Waals surface area contributed by atoms with Gasteiger partial charge in [0, 0.05) is 29.6 Å². The minimum Gasteiger partial charge on any atom is -0.396 e. The van der Waals surface area contributed by atoms with E-state index in [1.165, 1.54) is 12.1 Å². The van der Waals surface area contributed by atoms with Crippen LogP contribution in [-0.4, -0.2) is 30.6 Å². The van der Waals surface area contributed by atoms with Crippen LogP contribution in [0.2, 0.25) is 0 Å². The Bertz CT molecular complexity index is 1000. The van der Waals surface area contributed by atoms with Crippen molar-refractivity contribution >= 4 is 32.5 Å². The summed E-state index contributed by atoms with van der Waals surface area (Å²) in [5, 5.41) is 10.3. The monoisotopic (exact) mass is 392 g/mol. The van der Waals surface area contributed by atoms with E-state index in [-0.39, 0.29) is 11.5 Å². The van der Waals surface area contributed by atoms with Gasteiger partial charge in [0.1, 0.15) is 5.50 Å². The molecule has 3 rings (SSSR count). The average Bonchev–Trinajstić information content (AvgIpc) is 2.91. The van der Waals surface area contributed by atoms with Crippen LogP contribution in [0.4, 0.5) is 0 Å². The van der Waals surface area contributed by atoms with Gasteiger partial charge in [-0.1, -0.05) is 24.3 Å². The lowest BCUT2D eigenvalue weighted by Crippen LogP contribution is -2.32. The molecule has 0 spiro atoms. The van der Waals surface area contributed by atoms with Crippen molar-refractivity contribution in [3.8, 4) is 0 Å². The molecule has 0 aliphatic carbocycles. The predicted molar refractivity (Wildman–Crippen MR) is 104 cm³/mol. The van der Waals surface area contributed by atoms with Crippen molar-refractivity contribution in [3.63, 3.8) is 0 Å². The van der Waals surface area contributed by atoms with E-state index in [0.29, 0.717) is 12.8 Å². The van der Waals surface area contributed by atoms with Crippen LogP contribution >= 0.6 is 11.6 Å². The maximum absolute atomic E-state index is 12.4. The topological polar surface area (TPSA) is 82.2 Å². The number of rotatable bonds is 7. The Morgan fingerprint density at radius 2 is 1.92 bits per heavy atom. The molecule has 1 heterocycles. The summed E-state index contributed by atoms with van der Waals surface area (Å²) in [4.78, 5) is 3.48. The van der Waals surface area contributed by atoms with Crippen LogP contribution in [0.3, 0.4) is 0 Å². The van der Waals surface area contributed by atoms with Gasteiger partial charge in [-0.2, -0.15) is 4.72 Å². The quantitative estimate of drug-likeness (QED) is 0.427. The summed E-state index contributed by atoms with van der Waals surface area (Å²) >= 11 is 6.27. The lowest BCUT2D eigenvalue weighted by atomic mass is 10.0. The van der Waals surface area contributed by atoms with Crippen LogP contribution in [0.1, 0.15) is 16.8 Å². The Kier molecular flexibility index (Phi) is 5.67. The first kappa shape index (κ1) is 18.9. The predicted octanol–water partition coefficient (Wildman–Crippen LogP) is 3.10. The standard InChI is InChI=1S/C19H21ClN2O3S/c1-13-16(9-10-23)17-11-14(7-8-18(17)21-13)12-19(20)22-26(24,25)15-5-3-2-4-6-15/h2-8,11,19,21-23H,9-10,12H2,1H3. The molecule has 0 aliphatic rings. The van der Waals surface area contributed by atoms with E-state index < -0.39 is 15.5 Å². The molecule has 1 atom stereocenters. The Labute approximate surface area is 158 Å². The molecule has 0 radical (unpaired) electrons. The number of aromatic amines is 1. The van der Waals surface area contributed by atoms with Gasteiger partial charge in [0.05, 0.1) is 4.90 Å². The van der Waals surface area contributed by atoms with E-state index in [0.717, 1.165) is 27.7 Å². The molecule has 1 unspecified atom stereocenters. The first-order valence-electron chi connectivity index (χ1n) is 8.33. The molecular weight excluding hydrogens is 372 g/mol. The Balaban J connectivity index is 1.79. The van der Waals surface area contributed by atoms with Crippen molar-refractivity contribution in [1.29, 1.82) is 0 Å². The molecule has 2 aromatic carbocycles. The molecule has 0 saturated carbocycles. The minimum atomic E-state index is -3.66. The molecule has 3 aromatic rings. The second-order valence-electron chi connectivity index (χ2n) is 6.19. The van der Waals surface area contributed by atoms with Gasteiger partial charge in [-0.15, -0.1) is 11.6 Å². The van der Waals surface area contributed by atoms with Gasteiger partial charge in [0.15, 0.2) is 0 Å². The van der Waals surface area contributed by atoms with Crippen molar-refractivity contribution in [2.45, 2.75) is 30.2 Å². The molecule has 0 bridgehead atoms. The molecule has 0 saturated heterocycles. The van der Waals surface area contributed by atoms with E-state index in [2.05, 4.69) is 9.71 Å². The van der Waals surface area contributed by atoms with Gasteiger partial charge in [-0.3, -0.25) is 0 Å². The first-order chi connectivity index (χ1) is 12.4. The van der Waals surface area contributed by atoms with E-state index in [9.17, 15) is 13.5 Å². The molecule has 7 heteroatoms. The number of hydrogen-bond donors (Lipinski definition) is 3. The van der Waals surface area contributed by atoms with Crippen LogP contribution in [0.5, 0.6) is 0 Å². The van der Waals surface area contributed by atoms with Gasteiger partial charge in [0.2, 0.25) is 10.0 Å². The Morgan fingerprint density at radius 1 is 1.19 bits per heavy atom. The van der Waals surface area contributed by atoms with Crippen molar-refractivity contribution in [3.05, 3.63) is 65.4 Å². The number of H-pyrrole nitrogens is 1. The summed E-state index contributed by atoms with van der Waals surface area (Å²) < 4.78 is 27.2. The fourth-order valence-electron chi connectivity index (χ4n) is 3.08. The third-order valence-corrected chi connectivity index (χ3v) is 6.18. The minimum absolute atomic E-state index is 0.0764. The molecule has 1 aromatic heterocycles. The number of fused-ring (bicyclic) bond motifs is 1. The first-order valence-corrected chi connectivity index (χ1v) is 10.2. The number of aromatic nitrogens is 1. The van der Waals surface area contributed by atoms with Crippen molar-refractivity contribution in [2.24, 2.45) is 0 Å². The van der Waals surface area contributed by atoms with E-state index in [1.54, 1.807) is 18.2 Å². The number of aryl methyl sites for hydroxylation is 1. The zero-order valence-corrected chi connectivity index (χ0v) is 15.9. The number of benzene rings is 2. The van der Waals surface area contributed by atoms with Crippen molar-refractivity contribution in [2.75, 3.05) is 6.61 Å². The number of nitrogens with one attached hydrogen (secondary N) is 2. The third-order valence-electron chi connectivity index (χ3n) is 4.30. The van der Waals surface area contributed by atoms with Crippen LogP contribution in [0.15, 0.2) is 53.4 Å². The SMILES string of the molecule is Cc1[nH]c2ccc(CC(Cl)NS(=O)(=O)c3ccccc3)cc2c1CCO. The maximum Gasteiger partial charge on any atom is 0.241 e. The van der Waals surface area contributed by atoms with Crippen molar-refractivity contribution < 1.29 is 13.5 Å². The van der Waals surface area contributed by atoms with E-state index in [4.69, 9.17) is 11.6 Å². The van der Waals surface area contributed by atoms with Gasteiger partial charge in [-0.05, 0) is 48.7 Å². The number of alkyl halides is 1. The smallest absolute Gasteiger partial charge is 0.241 e. The second-order valence-corrected chi connectivity index (χ2v) is 8.43. The molecule has 0 aliphatic heterocycles. The number of aliphatic hydroxyl groups excluding tert-OH is 1. The summed E-state index contributed by atoms with van der Waals surface area (Å²) in [5.74, 6) is 0. The molecular formula is C19H21ClN2O3S. The van der Waals surface area contributed by atoms with Crippen LogP contribution in [-0.2, 0) is 22.9 Å². The van der Waals surface area contributed by atoms with Gasteiger partial charge in [0.25, 0.3) is 0 Å². The average molecular weight is 393 g/mol. The number of sulfonamides is 1. The van der Waals surface area contributed by atoms with E-state index >= 15 is 0 Å². The zero-order chi connectivity index (χ0) is 18.7. The number of aliphatic hydroxyl groups is 1. The number of halogens is 1. The van der Waals surface area contributed by atoms with Gasteiger partial charge >= 0.3 is 0 Å². The highest BCUT2D eigenvalue weighted by Gasteiger charge is 2.19. The van der Waals surface area contributed by atoms with Gasteiger partial charge in [-0.25, -0.2) is 8.42 Å². The third kappa shape index (κ3) is 4.10. The Morgan fingerprint density at radius 3 is 2.62 bits per heavy atom. The fourth-order valence-corrected chi connectivity index (χ4v) is 4.68. The highest BCUT2D eigenvalue weighted by molar-refractivity contribution is 7.89. The summed E-state index contributed by atoms with van der Waals surface area (Å²) in [5.41, 5.74) is 3.25. The summed E-state index contributed by atoms with van der Waals surface area (Å²) in [6.07, 6.45) is 0.923. The van der Waals surface area contributed by atoms with Gasteiger partial charge < -0.3 is 10.1 Å².